The zero-order chi connectivity index (χ0) is 17.1. The maximum atomic E-state index is 12.5. The average molecular weight is 342 g/mol. The van der Waals surface area contributed by atoms with Crippen LogP contribution in [0.4, 0.5) is 0 Å². The second-order valence-electron chi connectivity index (χ2n) is 5.44. The van der Waals surface area contributed by atoms with Gasteiger partial charge in [-0.1, -0.05) is 6.92 Å². The van der Waals surface area contributed by atoms with Gasteiger partial charge in [0.2, 0.25) is 11.8 Å². The minimum absolute atomic E-state index is 0.0327. The molecule has 3 aromatic rings. The van der Waals surface area contributed by atoms with Crippen LogP contribution in [0.2, 0.25) is 0 Å². The zero-order valence-electron chi connectivity index (χ0n) is 13.8. The van der Waals surface area contributed by atoms with Crippen molar-refractivity contribution in [3.8, 4) is 11.5 Å². The summed E-state index contributed by atoms with van der Waals surface area (Å²) in [6.45, 7) is 4.37. The van der Waals surface area contributed by atoms with Crippen LogP contribution in [-0.4, -0.2) is 33.0 Å². The van der Waals surface area contributed by atoms with E-state index in [0.717, 1.165) is 21.9 Å². The Kier molecular flexibility index (Phi) is 4.71. The summed E-state index contributed by atoms with van der Waals surface area (Å²) < 4.78 is 5.39. The lowest BCUT2D eigenvalue weighted by Crippen LogP contribution is -2.25. The first-order valence-electron chi connectivity index (χ1n) is 7.66. The Balaban J connectivity index is 1.69. The number of aromatic nitrogens is 3. The van der Waals surface area contributed by atoms with Crippen molar-refractivity contribution >= 4 is 17.2 Å². The van der Waals surface area contributed by atoms with E-state index in [0.29, 0.717) is 23.9 Å². The fourth-order valence-electron chi connectivity index (χ4n) is 2.28. The molecule has 0 aliphatic heterocycles. The molecular formula is C17H18N4O2S. The molecule has 0 radical (unpaired) electrons. The maximum absolute atomic E-state index is 12.5. The number of nitrogens with zero attached hydrogens (tertiary/aromatic N) is 4. The zero-order valence-corrected chi connectivity index (χ0v) is 14.6. The van der Waals surface area contributed by atoms with E-state index < -0.39 is 0 Å². The molecule has 1 amide bonds. The number of benzene rings is 1. The lowest BCUT2D eigenvalue weighted by Gasteiger charge is -2.16. The van der Waals surface area contributed by atoms with E-state index in [1.165, 1.54) is 0 Å². The Morgan fingerprint density at radius 1 is 1.25 bits per heavy atom. The Bertz CT molecular complexity index is 838. The Morgan fingerprint density at radius 3 is 2.58 bits per heavy atom. The number of aryl methyl sites for hydroxylation is 2. The number of thiazole rings is 1. The van der Waals surface area contributed by atoms with E-state index in [1.807, 2.05) is 18.3 Å². The second kappa shape index (κ2) is 6.92. The van der Waals surface area contributed by atoms with Gasteiger partial charge < -0.3 is 9.32 Å². The molecule has 0 fully saturated rings. The van der Waals surface area contributed by atoms with Crippen LogP contribution in [0.3, 0.4) is 0 Å². The highest BCUT2D eigenvalue weighted by Gasteiger charge is 2.14. The number of carbonyl (C=O) groups excluding carboxylic acids is 1. The molecule has 6 nitrogen and oxygen atoms in total. The molecule has 0 saturated carbocycles. The van der Waals surface area contributed by atoms with Gasteiger partial charge in [0.1, 0.15) is 0 Å². The molecule has 24 heavy (non-hydrogen) atoms. The van der Waals surface area contributed by atoms with Crippen molar-refractivity contribution in [2.24, 2.45) is 0 Å². The van der Waals surface area contributed by atoms with Crippen LogP contribution >= 0.6 is 11.3 Å². The van der Waals surface area contributed by atoms with E-state index in [4.69, 9.17) is 4.42 Å². The number of rotatable bonds is 5. The van der Waals surface area contributed by atoms with E-state index in [2.05, 4.69) is 22.1 Å². The molecule has 3 rings (SSSR count). The predicted molar refractivity (Wildman–Crippen MR) is 91.8 cm³/mol. The van der Waals surface area contributed by atoms with Crippen LogP contribution in [0.25, 0.3) is 11.5 Å². The summed E-state index contributed by atoms with van der Waals surface area (Å²) in [5, 5.41) is 8.87. The minimum Gasteiger partial charge on any atom is -0.421 e. The molecule has 0 spiro atoms. The van der Waals surface area contributed by atoms with Crippen LogP contribution in [0, 0.1) is 6.92 Å². The Labute approximate surface area is 144 Å². The molecule has 2 aromatic heterocycles. The van der Waals surface area contributed by atoms with Crippen molar-refractivity contribution in [3.05, 3.63) is 51.8 Å². The van der Waals surface area contributed by atoms with Crippen molar-refractivity contribution in [2.45, 2.75) is 26.8 Å². The van der Waals surface area contributed by atoms with E-state index in [-0.39, 0.29) is 5.91 Å². The van der Waals surface area contributed by atoms with E-state index in [9.17, 15) is 4.79 Å². The molecule has 0 unspecified atom stereocenters. The first kappa shape index (κ1) is 16.3. The summed E-state index contributed by atoms with van der Waals surface area (Å²) in [5.74, 6) is 0.937. The molecule has 0 bridgehead atoms. The third-order valence-corrected chi connectivity index (χ3v) is 4.67. The van der Waals surface area contributed by atoms with Crippen molar-refractivity contribution in [2.75, 3.05) is 7.05 Å². The summed E-state index contributed by atoms with van der Waals surface area (Å²) in [6.07, 6.45) is 2.76. The van der Waals surface area contributed by atoms with Gasteiger partial charge in [0.15, 0.2) is 0 Å². The molecule has 0 atom stereocenters. The minimum atomic E-state index is -0.0327. The van der Waals surface area contributed by atoms with Gasteiger partial charge in [0, 0.05) is 36.2 Å². The van der Waals surface area contributed by atoms with Crippen molar-refractivity contribution in [1.82, 2.24) is 20.1 Å². The maximum Gasteiger partial charge on any atom is 0.253 e. The standard InChI is InChI=1S/C17H18N4O2S/c1-4-15-18-9-14(24-15)10-21(3)17(22)13-7-5-12(6-8-13)16-20-19-11(2)23-16/h5-9H,4,10H2,1-3H3. The fourth-order valence-corrected chi connectivity index (χ4v) is 3.20. The van der Waals surface area contributed by atoms with Gasteiger partial charge in [-0.05, 0) is 30.7 Å². The highest BCUT2D eigenvalue weighted by atomic mass is 32.1. The number of hydrogen-bond donors (Lipinski definition) is 0. The predicted octanol–water partition coefficient (Wildman–Crippen LogP) is 3.34. The van der Waals surface area contributed by atoms with Gasteiger partial charge in [0.25, 0.3) is 5.91 Å². The molecule has 0 saturated heterocycles. The summed E-state index contributed by atoms with van der Waals surface area (Å²) in [4.78, 5) is 19.6. The van der Waals surface area contributed by atoms with Gasteiger partial charge in [-0.15, -0.1) is 21.5 Å². The summed E-state index contributed by atoms with van der Waals surface area (Å²) in [6, 6.07) is 7.18. The lowest BCUT2D eigenvalue weighted by atomic mass is 10.1. The summed E-state index contributed by atoms with van der Waals surface area (Å²) in [7, 11) is 1.79. The second-order valence-corrected chi connectivity index (χ2v) is 6.64. The third-order valence-electron chi connectivity index (χ3n) is 3.55. The largest absolute Gasteiger partial charge is 0.421 e. The highest BCUT2D eigenvalue weighted by Crippen LogP contribution is 2.20. The molecule has 0 aliphatic rings. The quantitative estimate of drug-likeness (QED) is 0.711. The first-order valence-corrected chi connectivity index (χ1v) is 8.48. The summed E-state index contributed by atoms with van der Waals surface area (Å²) >= 11 is 1.64. The van der Waals surface area contributed by atoms with Crippen molar-refractivity contribution < 1.29 is 9.21 Å². The number of hydrogen-bond acceptors (Lipinski definition) is 6. The molecule has 124 valence electrons. The van der Waals surface area contributed by atoms with Gasteiger partial charge in [-0.25, -0.2) is 4.98 Å². The summed E-state index contributed by atoms with van der Waals surface area (Å²) in [5.41, 5.74) is 1.42. The Hall–Kier alpha value is -2.54. The molecule has 0 aliphatic carbocycles. The number of amides is 1. The van der Waals surface area contributed by atoms with Gasteiger partial charge >= 0.3 is 0 Å². The first-order chi connectivity index (χ1) is 11.6. The average Bonchev–Trinajstić information content (AvgIpc) is 3.23. The SMILES string of the molecule is CCc1ncc(CN(C)C(=O)c2ccc(-c3nnc(C)o3)cc2)s1. The van der Waals surface area contributed by atoms with Crippen LogP contribution in [0.5, 0.6) is 0 Å². The van der Waals surface area contributed by atoms with E-state index >= 15 is 0 Å². The normalized spacial score (nSPS) is 10.8. The Morgan fingerprint density at radius 2 is 2.00 bits per heavy atom. The van der Waals surface area contributed by atoms with Crippen molar-refractivity contribution in [3.63, 3.8) is 0 Å². The highest BCUT2D eigenvalue weighted by molar-refractivity contribution is 7.11. The van der Waals surface area contributed by atoms with Crippen LogP contribution in [0.15, 0.2) is 34.9 Å². The molecular weight excluding hydrogens is 324 g/mol. The smallest absolute Gasteiger partial charge is 0.253 e. The topological polar surface area (TPSA) is 72.1 Å². The van der Waals surface area contributed by atoms with Gasteiger partial charge in [-0.2, -0.15) is 0 Å². The van der Waals surface area contributed by atoms with Crippen molar-refractivity contribution in [1.29, 1.82) is 0 Å². The van der Waals surface area contributed by atoms with Gasteiger partial charge in [-0.3, -0.25) is 4.79 Å². The molecule has 0 N–H and O–H groups in total. The molecule has 1 aromatic carbocycles. The van der Waals surface area contributed by atoms with Crippen LogP contribution in [0.1, 0.15) is 33.1 Å². The third kappa shape index (κ3) is 3.51. The van der Waals surface area contributed by atoms with E-state index in [1.54, 1.807) is 42.3 Å². The number of carbonyl (C=O) groups is 1. The molecule has 7 heteroatoms. The fraction of sp³-hybridized carbons (Fsp3) is 0.294. The van der Waals surface area contributed by atoms with Crippen LogP contribution < -0.4 is 0 Å². The lowest BCUT2D eigenvalue weighted by molar-refractivity contribution is 0.0786. The van der Waals surface area contributed by atoms with Gasteiger partial charge in [0.05, 0.1) is 11.6 Å². The monoisotopic (exact) mass is 342 g/mol. The molecule has 2 heterocycles. The van der Waals surface area contributed by atoms with Crippen LogP contribution in [-0.2, 0) is 13.0 Å².